The number of nitrogens with one attached hydrogen (secondary N) is 1. The number of para-hydroxylation sites is 1. The zero-order valence-corrected chi connectivity index (χ0v) is 16.6. The van der Waals surface area contributed by atoms with Gasteiger partial charge in [0.15, 0.2) is 11.5 Å². The lowest BCUT2D eigenvalue weighted by molar-refractivity contribution is -0.107. The largest absolute Gasteiger partial charge is 0.497 e. The first-order valence-electron chi connectivity index (χ1n) is 8.87. The molecule has 0 spiro atoms. The molecule has 8 nitrogen and oxygen atoms in total. The van der Waals surface area contributed by atoms with Gasteiger partial charge in [-0.15, -0.1) is 5.10 Å². The molecular weight excluding hydrogens is 394 g/mol. The summed E-state index contributed by atoms with van der Waals surface area (Å²) in [6.45, 7) is 0.425. The standard InChI is InChI=1S/C20H18ClN5O3/c1-28-13-7-6-12(16(10-13)29-2)11-22-20-24-18-14(4-3-5-15(18)21)19-23-17(8-9-27)25-26(19)20/h3-7,9-10H,8,11H2,1-2H3,(H,22,24). The molecule has 4 rings (SSSR count). The molecule has 2 aromatic heterocycles. The van der Waals surface area contributed by atoms with Crippen molar-refractivity contribution in [3.05, 3.63) is 52.8 Å². The van der Waals surface area contributed by atoms with Crippen molar-refractivity contribution >= 4 is 40.4 Å². The molecule has 0 aliphatic heterocycles. The molecule has 2 heterocycles. The molecule has 2 aromatic carbocycles. The molecule has 0 fully saturated rings. The number of fused-ring (bicyclic) bond motifs is 3. The van der Waals surface area contributed by atoms with Gasteiger partial charge in [0.1, 0.15) is 17.8 Å². The van der Waals surface area contributed by atoms with Crippen molar-refractivity contribution in [1.82, 2.24) is 19.6 Å². The van der Waals surface area contributed by atoms with E-state index in [4.69, 9.17) is 21.1 Å². The quantitative estimate of drug-likeness (QED) is 0.466. The van der Waals surface area contributed by atoms with Crippen LogP contribution in [-0.2, 0) is 17.8 Å². The molecule has 0 aliphatic carbocycles. The average Bonchev–Trinajstić information content (AvgIpc) is 3.17. The number of halogens is 1. The topological polar surface area (TPSA) is 90.6 Å². The van der Waals surface area contributed by atoms with Gasteiger partial charge >= 0.3 is 0 Å². The fourth-order valence-corrected chi connectivity index (χ4v) is 3.30. The Kier molecular flexibility index (Phi) is 5.18. The number of hydrogen-bond donors (Lipinski definition) is 1. The lowest BCUT2D eigenvalue weighted by Crippen LogP contribution is -2.09. The summed E-state index contributed by atoms with van der Waals surface area (Å²) in [5.74, 6) is 2.27. The second-order valence-electron chi connectivity index (χ2n) is 6.24. The van der Waals surface area contributed by atoms with Crippen LogP contribution in [0.5, 0.6) is 11.5 Å². The van der Waals surface area contributed by atoms with Crippen LogP contribution in [0, 0.1) is 0 Å². The summed E-state index contributed by atoms with van der Waals surface area (Å²) in [5, 5.41) is 8.96. The maximum Gasteiger partial charge on any atom is 0.226 e. The predicted octanol–water partition coefficient (Wildman–Crippen LogP) is 3.30. The molecule has 0 unspecified atom stereocenters. The van der Waals surface area contributed by atoms with E-state index in [2.05, 4.69) is 20.4 Å². The van der Waals surface area contributed by atoms with Crippen LogP contribution in [-0.4, -0.2) is 40.1 Å². The number of carbonyl (C=O) groups is 1. The Bertz CT molecular complexity index is 1210. The lowest BCUT2D eigenvalue weighted by Gasteiger charge is -2.13. The van der Waals surface area contributed by atoms with Crippen molar-refractivity contribution in [2.24, 2.45) is 0 Å². The molecule has 1 N–H and O–H groups in total. The number of anilines is 1. The Balaban J connectivity index is 1.78. The molecule has 0 radical (unpaired) electrons. The number of benzene rings is 2. The van der Waals surface area contributed by atoms with Gasteiger partial charge in [-0.3, -0.25) is 0 Å². The van der Waals surface area contributed by atoms with Gasteiger partial charge in [0.25, 0.3) is 0 Å². The van der Waals surface area contributed by atoms with Gasteiger partial charge in [0.2, 0.25) is 5.95 Å². The molecule has 0 aliphatic rings. The zero-order chi connectivity index (χ0) is 20.4. The number of carbonyl (C=O) groups excluding carboxylic acids is 1. The van der Waals surface area contributed by atoms with E-state index >= 15 is 0 Å². The van der Waals surface area contributed by atoms with Gasteiger partial charge in [-0.2, -0.15) is 4.52 Å². The van der Waals surface area contributed by atoms with Gasteiger partial charge in [-0.1, -0.05) is 17.7 Å². The van der Waals surface area contributed by atoms with Crippen molar-refractivity contribution < 1.29 is 14.3 Å². The molecule has 148 valence electrons. The number of rotatable bonds is 7. The third-order valence-electron chi connectivity index (χ3n) is 4.49. The number of aldehydes is 1. The van der Waals surface area contributed by atoms with E-state index in [9.17, 15) is 4.79 Å². The SMILES string of the molecule is COc1ccc(CNc2nc3c(Cl)cccc3c3nc(CC=O)nn23)c(OC)c1. The summed E-state index contributed by atoms with van der Waals surface area (Å²) in [5.41, 5.74) is 2.10. The number of aromatic nitrogens is 4. The third-order valence-corrected chi connectivity index (χ3v) is 4.80. The first-order valence-corrected chi connectivity index (χ1v) is 9.24. The average molecular weight is 412 g/mol. The molecule has 9 heteroatoms. The zero-order valence-electron chi connectivity index (χ0n) is 15.8. The highest BCUT2D eigenvalue weighted by Crippen LogP contribution is 2.28. The van der Waals surface area contributed by atoms with Crippen LogP contribution in [0.15, 0.2) is 36.4 Å². The highest BCUT2D eigenvalue weighted by Gasteiger charge is 2.15. The van der Waals surface area contributed by atoms with E-state index in [1.165, 1.54) is 0 Å². The van der Waals surface area contributed by atoms with Gasteiger partial charge in [0.05, 0.1) is 31.2 Å². The van der Waals surface area contributed by atoms with E-state index in [1.54, 1.807) is 24.8 Å². The number of ether oxygens (including phenoxy) is 2. The lowest BCUT2D eigenvalue weighted by atomic mass is 10.2. The third kappa shape index (κ3) is 3.54. The van der Waals surface area contributed by atoms with Gasteiger partial charge in [-0.05, 0) is 24.3 Å². The minimum Gasteiger partial charge on any atom is -0.497 e. The second-order valence-corrected chi connectivity index (χ2v) is 6.64. The van der Waals surface area contributed by atoms with Crippen LogP contribution in [0.1, 0.15) is 11.4 Å². The monoisotopic (exact) mass is 411 g/mol. The van der Waals surface area contributed by atoms with Gasteiger partial charge in [-0.25, -0.2) is 9.97 Å². The molecule has 0 atom stereocenters. The normalized spacial score (nSPS) is 11.0. The summed E-state index contributed by atoms with van der Waals surface area (Å²) < 4.78 is 12.3. The van der Waals surface area contributed by atoms with Crippen LogP contribution >= 0.6 is 11.6 Å². The number of methoxy groups -OCH3 is 2. The van der Waals surface area contributed by atoms with Crippen molar-refractivity contribution in [2.75, 3.05) is 19.5 Å². The van der Waals surface area contributed by atoms with Crippen molar-refractivity contribution in [3.8, 4) is 11.5 Å². The second kappa shape index (κ2) is 7.92. The minimum absolute atomic E-state index is 0.121. The Morgan fingerprint density at radius 1 is 1.17 bits per heavy atom. The fourth-order valence-electron chi connectivity index (χ4n) is 3.09. The first-order chi connectivity index (χ1) is 14.1. The Morgan fingerprint density at radius 2 is 2.03 bits per heavy atom. The minimum atomic E-state index is 0.121. The van der Waals surface area contributed by atoms with Crippen molar-refractivity contribution in [2.45, 2.75) is 13.0 Å². The van der Waals surface area contributed by atoms with Crippen LogP contribution in [0.2, 0.25) is 5.02 Å². The number of hydrogen-bond acceptors (Lipinski definition) is 7. The van der Waals surface area contributed by atoms with Gasteiger partial charge in [0, 0.05) is 23.6 Å². The predicted molar refractivity (Wildman–Crippen MR) is 110 cm³/mol. The van der Waals surface area contributed by atoms with Crippen LogP contribution in [0.25, 0.3) is 16.6 Å². The Morgan fingerprint density at radius 3 is 2.79 bits per heavy atom. The highest BCUT2D eigenvalue weighted by molar-refractivity contribution is 6.35. The van der Waals surface area contributed by atoms with Crippen LogP contribution in [0.4, 0.5) is 5.95 Å². The molecule has 0 amide bonds. The van der Waals surface area contributed by atoms with E-state index in [1.807, 2.05) is 30.3 Å². The van der Waals surface area contributed by atoms with E-state index < -0.39 is 0 Å². The smallest absolute Gasteiger partial charge is 0.226 e. The summed E-state index contributed by atoms with van der Waals surface area (Å²) >= 11 is 6.36. The summed E-state index contributed by atoms with van der Waals surface area (Å²) in [6, 6.07) is 11.1. The summed E-state index contributed by atoms with van der Waals surface area (Å²) in [7, 11) is 3.21. The molecule has 0 saturated heterocycles. The number of nitrogens with zero attached hydrogens (tertiary/aromatic N) is 4. The maximum atomic E-state index is 10.9. The molecule has 29 heavy (non-hydrogen) atoms. The van der Waals surface area contributed by atoms with E-state index in [-0.39, 0.29) is 6.42 Å². The summed E-state index contributed by atoms with van der Waals surface area (Å²) in [6.07, 6.45) is 0.891. The maximum absolute atomic E-state index is 10.9. The van der Waals surface area contributed by atoms with E-state index in [0.717, 1.165) is 17.2 Å². The van der Waals surface area contributed by atoms with Crippen molar-refractivity contribution in [3.63, 3.8) is 0 Å². The Labute approximate surface area is 171 Å². The van der Waals surface area contributed by atoms with Gasteiger partial charge < -0.3 is 19.6 Å². The Hall–Kier alpha value is -3.39. The first kappa shape index (κ1) is 18.9. The molecule has 0 saturated carbocycles. The fraction of sp³-hybridized carbons (Fsp3) is 0.200. The molecule has 0 bridgehead atoms. The van der Waals surface area contributed by atoms with Crippen LogP contribution < -0.4 is 14.8 Å². The summed E-state index contributed by atoms with van der Waals surface area (Å²) in [4.78, 5) is 20.1. The van der Waals surface area contributed by atoms with Crippen LogP contribution in [0.3, 0.4) is 0 Å². The van der Waals surface area contributed by atoms with E-state index in [0.29, 0.717) is 46.0 Å². The van der Waals surface area contributed by atoms with Crippen molar-refractivity contribution in [1.29, 1.82) is 0 Å². The molecule has 4 aromatic rings. The molecular formula is C20H18ClN5O3. The highest BCUT2D eigenvalue weighted by atomic mass is 35.5.